The smallest absolute Gasteiger partial charge is 0.136 e. The summed E-state index contributed by atoms with van der Waals surface area (Å²) in [5.74, 6) is 0. The van der Waals surface area contributed by atoms with Crippen molar-refractivity contribution in [1.29, 1.82) is 0 Å². The molecule has 2 aromatic heterocycles. The second kappa shape index (κ2) is 11.2. The van der Waals surface area contributed by atoms with Crippen LogP contribution < -0.4 is 4.90 Å². The SMILES string of the molecule is c1ccc(-c2ccc(N(c3ccc(-c4cccc5oc6ccccc6c45)cc3)c3ccc4ccccc4c3)c3sc4ccccc4c23)cc1. The second-order valence-electron chi connectivity index (χ2n) is 12.5. The van der Waals surface area contributed by atoms with Crippen LogP contribution in [0.25, 0.3) is 75.1 Å². The van der Waals surface area contributed by atoms with Crippen molar-refractivity contribution in [3.63, 3.8) is 0 Å². The van der Waals surface area contributed by atoms with E-state index in [1.54, 1.807) is 0 Å². The van der Waals surface area contributed by atoms with Crippen LogP contribution in [0.5, 0.6) is 0 Å². The molecule has 0 spiro atoms. The van der Waals surface area contributed by atoms with Crippen LogP contribution in [0.15, 0.2) is 180 Å². The van der Waals surface area contributed by atoms with E-state index in [4.69, 9.17) is 4.42 Å². The molecule has 8 aromatic carbocycles. The molecule has 0 radical (unpaired) electrons. The molecule has 49 heavy (non-hydrogen) atoms. The van der Waals surface area contributed by atoms with Gasteiger partial charge in [0.2, 0.25) is 0 Å². The number of furan rings is 1. The van der Waals surface area contributed by atoms with Crippen LogP contribution in [0.2, 0.25) is 0 Å². The van der Waals surface area contributed by atoms with Crippen molar-refractivity contribution in [3.05, 3.63) is 176 Å². The number of hydrogen-bond donors (Lipinski definition) is 0. The number of fused-ring (bicyclic) bond motifs is 7. The summed E-state index contributed by atoms with van der Waals surface area (Å²) in [5.41, 5.74) is 10.0. The van der Waals surface area contributed by atoms with Crippen LogP contribution in [0.4, 0.5) is 17.1 Å². The summed E-state index contributed by atoms with van der Waals surface area (Å²) < 4.78 is 8.79. The number of para-hydroxylation sites is 1. The van der Waals surface area contributed by atoms with Crippen LogP contribution in [0.3, 0.4) is 0 Å². The maximum Gasteiger partial charge on any atom is 0.136 e. The zero-order valence-corrected chi connectivity index (χ0v) is 27.3. The third-order valence-corrected chi connectivity index (χ3v) is 10.9. The Bertz CT molecular complexity index is 2830. The third kappa shape index (κ3) is 4.55. The van der Waals surface area contributed by atoms with Gasteiger partial charge in [-0.15, -0.1) is 11.3 Å². The van der Waals surface area contributed by atoms with E-state index in [2.05, 4.69) is 169 Å². The minimum Gasteiger partial charge on any atom is -0.456 e. The molecule has 0 saturated carbocycles. The van der Waals surface area contributed by atoms with Gasteiger partial charge >= 0.3 is 0 Å². The fraction of sp³-hybridized carbons (Fsp3) is 0. The predicted molar refractivity (Wildman–Crippen MR) is 210 cm³/mol. The molecule has 0 atom stereocenters. The molecule has 230 valence electrons. The van der Waals surface area contributed by atoms with Gasteiger partial charge in [-0.3, -0.25) is 0 Å². The van der Waals surface area contributed by atoms with Crippen molar-refractivity contribution in [2.24, 2.45) is 0 Å². The maximum absolute atomic E-state index is 6.23. The second-order valence-corrected chi connectivity index (χ2v) is 13.5. The lowest BCUT2D eigenvalue weighted by Crippen LogP contribution is -2.10. The van der Waals surface area contributed by atoms with Gasteiger partial charge in [-0.05, 0) is 81.6 Å². The van der Waals surface area contributed by atoms with E-state index < -0.39 is 0 Å². The molecule has 0 N–H and O–H groups in total. The highest BCUT2D eigenvalue weighted by Gasteiger charge is 2.21. The van der Waals surface area contributed by atoms with E-state index in [9.17, 15) is 0 Å². The van der Waals surface area contributed by atoms with Crippen LogP contribution in [0.1, 0.15) is 0 Å². The van der Waals surface area contributed by atoms with Gasteiger partial charge in [0, 0.05) is 37.6 Å². The van der Waals surface area contributed by atoms with Gasteiger partial charge in [-0.25, -0.2) is 0 Å². The van der Waals surface area contributed by atoms with Crippen molar-refractivity contribution < 1.29 is 4.42 Å². The van der Waals surface area contributed by atoms with E-state index in [1.807, 2.05) is 23.5 Å². The number of nitrogens with zero attached hydrogens (tertiary/aromatic N) is 1. The summed E-state index contributed by atoms with van der Waals surface area (Å²) in [6.45, 7) is 0. The van der Waals surface area contributed by atoms with Crippen LogP contribution in [-0.4, -0.2) is 0 Å². The number of hydrogen-bond acceptors (Lipinski definition) is 3. The van der Waals surface area contributed by atoms with E-state index in [-0.39, 0.29) is 0 Å². The molecule has 2 heterocycles. The third-order valence-electron chi connectivity index (χ3n) is 9.66. The molecule has 3 heteroatoms. The Morgan fingerprint density at radius 3 is 1.98 bits per heavy atom. The summed E-state index contributed by atoms with van der Waals surface area (Å²) in [7, 11) is 0. The van der Waals surface area contributed by atoms with Gasteiger partial charge in [0.25, 0.3) is 0 Å². The van der Waals surface area contributed by atoms with Crippen molar-refractivity contribution >= 4 is 81.3 Å². The fourth-order valence-electron chi connectivity index (χ4n) is 7.40. The van der Waals surface area contributed by atoms with Crippen molar-refractivity contribution in [3.8, 4) is 22.3 Å². The molecular weight excluding hydrogens is 615 g/mol. The molecule has 10 aromatic rings. The maximum atomic E-state index is 6.23. The average molecular weight is 644 g/mol. The highest BCUT2D eigenvalue weighted by atomic mass is 32.1. The molecular formula is C46H29NOS. The normalized spacial score (nSPS) is 11.7. The van der Waals surface area contributed by atoms with Gasteiger partial charge in [-0.1, -0.05) is 127 Å². The summed E-state index contributed by atoms with van der Waals surface area (Å²) in [6.07, 6.45) is 0. The zero-order valence-electron chi connectivity index (χ0n) is 26.5. The minimum absolute atomic E-state index is 0.909. The van der Waals surface area contributed by atoms with E-state index in [0.29, 0.717) is 0 Å². The molecule has 0 aliphatic rings. The standard InChI is InChI=1S/C46H29NOS/c1-2-12-31(13-3-1)37-27-28-40(46-45(37)39-16-7-9-20-43(39)49-46)47(35-26-21-30-11-4-5-14-33(30)29-35)34-24-22-32(23-25-34)36-17-10-19-42-44(36)38-15-6-8-18-41(38)48-42/h1-29H. The number of anilines is 3. The van der Waals surface area contributed by atoms with Crippen molar-refractivity contribution in [2.45, 2.75) is 0 Å². The van der Waals surface area contributed by atoms with E-state index >= 15 is 0 Å². The first-order chi connectivity index (χ1) is 24.3. The van der Waals surface area contributed by atoms with Crippen molar-refractivity contribution in [2.75, 3.05) is 4.90 Å². The molecule has 0 aliphatic carbocycles. The molecule has 0 unspecified atom stereocenters. The molecule has 0 saturated heterocycles. The number of thiophene rings is 1. The van der Waals surface area contributed by atoms with Crippen LogP contribution in [0, 0.1) is 0 Å². The quantitative estimate of drug-likeness (QED) is 0.186. The Kier molecular flexibility index (Phi) is 6.39. The largest absolute Gasteiger partial charge is 0.456 e. The first-order valence-electron chi connectivity index (χ1n) is 16.6. The van der Waals surface area contributed by atoms with E-state index in [0.717, 1.165) is 38.9 Å². The summed E-state index contributed by atoms with van der Waals surface area (Å²) in [5, 5.41) is 7.33. The van der Waals surface area contributed by atoms with Gasteiger partial charge in [0.05, 0.1) is 10.4 Å². The Morgan fingerprint density at radius 2 is 1.10 bits per heavy atom. The topological polar surface area (TPSA) is 16.4 Å². The zero-order chi connectivity index (χ0) is 32.3. The predicted octanol–water partition coefficient (Wildman–Crippen LogP) is 13.9. The lowest BCUT2D eigenvalue weighted by Gasteiger charge is -2.27. The average Bonchev–Trinajstić information content (AvgIpc) is 3.75. The molecule has 0 fully saturated rings. The Balaban J connectivity index is 1.20. The molecule has 0 aliphatic heterocycles. The Labute approximate surface area is 287 Å². The number of benzene rings is 8. The molecule has 0 amide bonds. The monoisotopic (exact) mass is 643 g/mol. The van der Waals surface area contributed by atoms with Gasteiger partial charge < -0.3 is 9.32 Å². The van der Waals surface area contributed by atoms with Gasteiger partial charge in [-0.2, -0.15) is 0 Å². The Hall–Kier alpha value is -6.16. The lowest BCUT2D eigenvalue weighted by atomic mass is 9.97. The van der Waals surface area contributed by atoms with Gasteiger partial charge in [0.1, 0.15) is 11.2 Å². The molecule has 2 nitrogen and oxygen atoms in total. The summed E-state index contributed by atoms with van der Waals surface area (Å²) in [4.78, 5) is 2.43. The minimum atomic E-state index is 0.909. The number of rotatable bonds is 5. The highest BCUT2D eigenvalue weighted by molar-refractivity contribution is 7.26. The first kappa shape index (κ1) is 27.9. The summed E-state index contributed by atoms with van der Waals surface area (Å²) >= 11 is 1.87. The first-order valence-corrected chi connectivity index (χ1v) is 17.4. The van der Waals surface area contributed by atoms with Crippen molar-refractivity contribution in [1.82, 2.24) is 0 Å². The summed E-state index contributed by atoms with van der Waals surface area (Å²) in [6, 6.07) is 63.2. The Morgan fingerprint density at radius 1 is 0.429 bits per heavy atom. The van der Waals surface area contributed by atoms with Crippen LogP contribution >= 0.6 is 11.3 Å². The lowest BCUT2D eigenvalue weighted by molar-refractivity contribution is 0.669. The fourth-order valence-corrected chi connectivity index (χ4v) is 8.63. The van der Waals surface area contributed by atoms with Gasteiger partial charge in [0.15, 0.2) is 0 Å². The molecule has 10 rings (SSSR count). The van der Waals surface area contributed by atoms with E-state index in [1.165, 1.54) is 53.3 Å². The highest BCUT2D eigenvalue weighted by Crippen LogP contribution is 2.49. The van der Waals surface area contributed by atoms with Crippen LogP contribution in [-0.2, 0) is 0 Å². The molecule has 0 bridgehead atoms.